The van der Waals surface area contributed by atoms with E-state index in [2.05, 4.69) is 15.3 Å². The lowest BCUT2D eigenvalue weighted by atomic mass is 9.99. The first-order valence-corrected chi connectivity index (χ1v) is 7.29. The van der Waals surface area contributed by atoms with E-state index in [9.17, 15) is 4.79 Å². The monoisotopic (exact) mass is 314 g/mol. The molecule has 2 amide bonds. The van der Waals surface area contributed by atoms with Crippen LogP contribution in [0.1, 0.15) is 11.1 Å². The molecule has 0 saturated carbocycles. The van der Waals surface area contributed by atoms with Crippen molar-refractivity contribution in [3.63, 3.8) is 0 Å². The van der Waals surface area contributed by atoms with Crippen LogP contribution in [0.15, 0.2) is 30.5 Å². The minimum Gasteiger partial charge on any atom is -0.496 e. The first-order valence-electron chi connectivity index (χ1n) is 7.29. The number of carbonyl (C=O) groups excluding carboxylic acids is 1. The van der Waals surface area contributed by atoms with Gasteiger partial charge in [0.2, 0.25) is 0 Å². The van der Waals surface area contributed by atoms with Crippen LogP contribution >= 0.6 is 0 Å². The van der Waals surface area contributed by atoms with Crippen molar-refractivity contribution in [1.29, 1.82) is 0 Å². The average Bonchev–Trinajstić information content (AvgIpc) is 2.60. The fraction of sp³-hybridized carbons (Fsp3) is 0.312. The molecule has 0 atom stereocenters. The third kappa shape index (κ3) is 3.18. The summed E-state index contributed by atoms with van der Waals surface area (Å²) in [5.41, 5.74) is 2.27. The summed E-state index contributed by atoms with van der Waals surface area (Å²) in [4.78, 5) is 22.2. The molecule has 23 heavy (non-hydrogen) atoms. The average molecular weight is 314 g/mol. The molecule has 0 bridgehead atoms. The molecular weight excluding hydrogens is 296 g/mol. The van der Waals surface area contributed by atoms with Gasteiger partial charge >= 0.3 is 12.0 Å². The summed E-state index contributed by atoms with van der Waals surface area (Å²) in [6, 6.07) is 7.55. The van der Waals surface area contributed by atoms with E-state index in [1.54, 1.807) is 18.1 Å². The molecule has 1 aromatic heterocycles. The van der Waals surface area contributed by atoms with Crippen LogP contribution < -0.4 is 14.8 Å². The van der Waals surface area contributed by atoms with Gasteiger partial charge in [0.1, 0.15) is 11.6 Å². The fourth-order valence-corrected chi connectivity index (χ4v) is 2.64. The Balaban J connectivity index is 1.71. The molecule has 0 saturated heterocycles. The second kappa shape index (κ2) is 6.51. The third-order valence-electron chi connectivity index (χ3n) is 3.78. The van der Waals surface area contributed by atoms with Gasteiger partial charge in [0.25, 0.3) is 0 Å². The first-order chi connectivity index (χ1) is 11.2. The minimum atomic E-state index is -0.195. The van der Waals surface area contributed by atoms with E-state index in [4.69, 9.17) is 9.47 Å². The number of fused-ring (bicyclic) bond motifs is 1. The van der Waals surface area contributed by atoms with E-state index in [1.165, 1.54) is 18.9 Å². The second-order valence-electron chi connectivity index (χ2n) is 5.13. The van der Waals surface area contributed by atoms with Crippen molar-refractivity contribution in [3.05, 3.63) is 41.6 Å². The van der Waals surface area contributed by atoms with E-state index in [-0.39, 0.29) is 12.0 Å². The largest absolute Gasteiger partial charge is 0.496 e. The number of ether oxygens (including phenoxy) is 2. The number of nitrogens with zero attached hydrogens (tertiary/aromatic N) is 3. The molecule has 2 aromatic rings. The van der Waals surface area contributed by atoms with Gasteiger partial charge in [-0.05, 0) is 24.1 Å². The number of carbonyl (C=O) groups is 1. The lowest BCUT2D eigenvalue weighted by molar-refractivity contribution is 0.205. The number of hydrogen-bond acceptors (Lipinski definition) is 5. The highest BCUT2D eigenvalue weighted by Crippen LogP contribution is 2.27. The van der Waals surface area contributed by atoms with E-state index >= 15 is 0 Å². The SMILES string of the molecule is COc1nccc(NC(=O)N2CCc3c(cccc3OC)C2)n1. The number of urea groups is 1. The smallest absolute Gasteiger partial charge is 0.323 e. The van der Waals surface area contributed by atoms with Gasteiger partial charge in [-0.2, -0.15) is 4.98 Å². The Hall–Kier alpha value is -2.83. The molecule has 3 rings (SSSR count). The van der Waals surface area contributed by atoms with E-state index in [0.29, 0.717) is 18.9 Å². The number of nitrogens with one attached hydrogen (secondary N) is 1. The van der Waals surface area contributed by atoms with E-state index < -0.39 is 0 Å². The van der Waals surface area contributed by atoms with Gasteiger partial charge in [0.05, 0.1) is 14.2 Å². The van der Waals surface area contributed by atoms with Crippen LogP contribution in [0.4, 0.5) is 10.6 Å². The van der Waals surface area contributed by atoms with Crippen LogP contribution in [0.25, 0.3) is 0 Å². The fourth-order valence-electron chi connectivity index (χ4n) is 2.64. The van der Waals surface area contributed by atoms with Gasteiger partial charge in [-0.3, -0.25) is 5.32 Å². The number of amides is 2. The molecule has 1 aromatic carbocycles. The Morgan fingerprint density at radius 3 is 2.91 bits per heavy atom. The van der Waals surface area contributed by atoms with Crippen LogP contribution in [0.3, 0.4) is 0 Å². The molecule has 0 radical (unpaired) electrons. The zero-order valence-corrected chi connectivity index (χ0v) is 13.1. The second-order valence-corrected chi connectivity index (χ2v) is 5.13. The molecule has 120 valence electrons. The summed E-state index contributed by atoms with van der Waals surface area (Å²) in [6.45, 7) is 1.17. The highest BCUT2D eigenvalue weighted by atomic mass is 16.5. The summed E-state index contributed by atoms with van der Waals surface area (Å²) in [5, 5.41) is 2.77. The Bertz CT molecular complexity index is 720. The zero-order valence-electron chi connectivity index (χ0n) is 13.1. The van der Waals surface area contributed by atoms with Crippen LogP contribution in [-0.2, 0) is 13.0 Å². The Morgan fingerprint density at radius 2 is 2.13 bits per heavy atom. The molecule has 7 nitrogen and oxygen atoms in total. The number of benzene rings is 1. The van der Waals surface area contributed by atoms with Crippen molar-refractivity contribution in [2.75, 3.05) is 26.1 Å². The highest BCUT2D eigenvalue weighted by Gasteiger charge is 2.23. The van der Waals surface area contributed by atoms with E-state index in [1.807, 2.05) is 18.2 Å². The van der Waals surface area contributed by atoms with Gasteiger partial charge in [-0.15, -0.1) is 0 Å². The lowest BCUT2D eigenvalue weighted by Crippen LogP contribution is -2.39. The third-order valence-corrected chi connectivity index (χ3v) is 3.78. The maximum absolute atomic E-state index is 12.4. The highest BCUT2D eigenvalue weighted by molar-refractivity contribution is 5.88. The van der Waals surface area contributed by atoms with Crippen LogP contribution in [0.5, 0.6) is 11.8 Å². The molecular formula is C16H18N4O3. The summed E-state index contributed by atoms with van der Waals surface area (Å²) < 4.78 is 10.3. The minimum absolute atomic E-state index is 0.195. The number of aromatic nitrogens is 2. The number of rotatable bonds is 3. The normalized spacial score (nSPS) is 13.2. The first kappa shape index (κ1) is 15.1. The van der Waals surface area contributed by atoms with Crippen LogP contribution in [0.2, 0.25) is 0 Å². The molecule has 1 aliphatic rings. The summed E-state index contributed by atoms with van der Waals surface area (Å²) in [6.07, 6.45) is 2.30. The molecule has 2 heterocycles. The van der Waals surface area contributed by atoms with Crippen molar-refractivity contribution < 1.29 is 14.3 Å². The van der Waals surface area contributed by atoms with Crippen molar-refractivity contribution in [2.45, 2.75) is 13.0 Å². The van der Waals surface area contributed by atoms with Crippen LogP contribution in [0, 0.1) is 0 Å². The number of methoxy groups -OCH3 is 2. The zero-order chi connectivity index (χ0) is 16.2. The van der Waals surface area contributed by atoms with Crippen molar-refractivity contribution in [3.8, 4) is 11.8 Å². The molecule has 1 aliphatic heterocycles. The van der Waals surface area contributed by atoms with Gasteiger partial charge in [0.15, 0.2) is 0 Å². The maximum Gasteiger partial charge on any atom is 0.323 e. The lowest BCUT2D eigenvalue weighted by Gasteiger charge is -2.29. The summed E-state index contributed by atoms with van der Waals surface area (Å²) in [7, 11) is 3.15. The van der Waals surface area contributed by atoms with Gasteiger partial charge in [-0.1, -0.05) is 12.1 Å². The van der Waals surface area contributed by atoms with Crippen molar-refractivity contribution in [2.24, 2.45) is 0 Å². The number of anilines is 1. The molecule has 7 heteroatoms. The quantitative estimate of drug-likeness (QED) is 0.938. The molecule has 0 aliphatic carbocycles. The predicted octanol–water partition coefficient (Wildman–Crippen LogP) is 2.08. The van der Waals surface area contributed by atoms with Crippen molar-refractivity contribution in [1.82, 2.24) is 14.9 Å². The maximum atomic E-state index is 12.4. The Kier molecular flexibility index (Phi) is 4.27. The van der Waals surface area contributed by atoms with Gasteiger partial charge in [-0.25, -0.2) is 9.78 Å². The molecule has 0 fully saturated rings. The Morgan fingerprint density at radius 1 is 1.26 bits per heavy atom. The standard InChI is InChI=1S/C16H18N4O3/c1-22-13-5-3-4-11-10-20(9-7-12(11)13)16(21)19-14-6-8-17-15(18-14)23-2/h3-6,8H,7,9-10H2,1-2H3,(H,17,18,19,21). The summed E-state index contributed by atoms with van der Waals surface area (Å²) >= 11 is 0. The van der Waals surface area contributed by atoms with Gasteiger partial charge in [0, 0.05) is 24.8 Å². The Labute approximate surface area is 134 Å². The van der Waals surface area contributed by atoms with Gasteiger partial charge < -0.3 is 14.4 Å². The molecule has 0 spiro atoms. The predicted molar refractivity (Wildman–Crippen MR) is 84.7 cm³/mol. The molecule has 0 unspecified atom stereocenters. The van der Waals surface area contributed by atoms with E-state index in [0.717, 1.165) is 17.7 Å². The van der Waals surface area contributed by atoms with Crippen LogP contribution in [-0.4, -0.2) is 41.7 Å². The molecule has 1 N–H and O–H groups in total. The topological polar surface area (TPSA) is 76.6 Å². The number of hydrogen-bond donors (Lipinski definition) is 1. The summed E-state index contributed by atoms with van der Waals surface area (Å²) in [5.74, 6) is 1.29. The van der Waals surface area contributed by atoms with Crippen molar-refractivity contribution >= 4 is 11.8 Å².